The fourth-order valence-electron chi connectivity index (χ4n) is 0.789. The summed E-state index contributed by atoms with van der Waals surface area (Å²) in [5, 5.41) is 0. The monoisotopic (exact) mass is 178 g/mol. The number of hydrogen-bond donors (Lipinski definition) is 0. The first-order valence-electron chi connectivity index (χ1n) is 4.06. The summed E-state index contributed by atoms with van der Waals surface area (Å²) in [5.41, 5.74) is 0.606. The Labute approximate surface area is 78.8 Å². The molecule has 70 valence electrons. The molecule has 0 saturated heterocycles. The van der Waals surface area contributed by atoms with E-state index in [0.717, 1.165) is 0 Å². The van der Waals surface area contributed by atoms with Gasteiger partial charge in [0.1, 0.15) is 0 Å². The van der Waals surface area contributed by atoms with Crippen LogP contribution in [0.4, 0.5) is 0 Å². The van der Waals surface area contributed by atoms with Gasteiger partial charge in [0, 0.05) is 0 Å². The summed E-state index contributed by atoms with van der Waals surface area (Å²) in [6.07, 6.45) is 0. The predicted octanol–water partition coefficient (Wildman–Crippen LogP) is 2.67. The van der Waals surface area contributed by atoms with E-state index in [0.29, 0.717) is 12.2 Å². The summed E-state index contributed by atoms with van der Waals surface area (Å²) in [5.74, 6) is -0.256. The van der Waals surface area contributed by atoms with Gasteiger partial charge in [-0.1, -0.05) is 18.2 Å². The van der Waals surface area contributed by atoms with Crippen molar-refractivity contribution in [2.24, 2.45) is 0 Å². The number of carbonyl (C=O) groups excluding carboxylic acids is 1. The van der Waals surface area contributed by atoms with Gasteiger partial charge >= 0.3 is 5.97 Å². The van der Waals surface area contributed by atoms with E-state index in [4.69, 9.17) is 4.74 Å². The van der Waals surface area contributed by atoms with Crippen LogP contribution in [0.15, 0.2) is 43.5 Å². The van der Waals surface area contributed by atoms with Gasteiger partial charge in [-0.25, -0.2) is 4.79 Å². The van der Waals surface area contributed by atoms with Crippen molar-refractivity contribution in [3.8, 4) is 0 Å². The molecule has 0 atom stereocenters. The Kier molecular flexibility index (Phi) is 6.24. The summed E-state index contributed by atoms with van der Waals surface area (Å²) in [6.45, 7) is 8.22. The number of benzene rings is 1. The average molecular weight is 178 g/mol. The second kappa shape index (κ2) is 7.10. The maximum atomic E-state index is 11.0. The van der Waals surface area contributed by atoms with Crippen LogP contribution in [0.1, 0.15) is 17.3 Å². The average Bonchev–Trinajstić information content (AvgIpc) is 2.23. The minimum absolute atomic E-state index is 0.256. The van der Waals surface area contributed by atoms with Crippen molar-refractivity contribution in [2.75, 3.05) is 6.61 Å². The number of carbonyl (C=O) groups is 1. The molecule has 0 bridgehead atoms. The van der Waals surface area contributed by atoms with Crippen molar-refractivity contribution in [2.45, 2.75) is 6.92 Å². The summed E-state index contributed by atoms with van der Waals surface area (Å²) >= 11 is 0. The standard InChI is InChI=1S/C9H10O2.C2H4/c1-2-11-9(10)8-6-4-3-5-7-8;1-2/h3-7H,2H2,1H3;1-2H2. The Morgan fingerprint density at radius 2 is 1.85 bits per heavy atom. The van der Waals surface area contributed by atoms with Gasteiger partial charge in [-0.15, -0.1) is 13.2 Å². The highest BCUT2D eigenvalue weighted by Gasteiger charge is 2.02. The highest BCUT2D eigenvalue weighted by Crippen LogP contribution is 1.99. The topological polar surface area (TPSA) is 26.3 Å². The molecule has 0 aliphatic heterocycles. The normalized spacial score (nSPS) is 8.08. The van der Waals surface area contributed by atoms with Crippen LogP contribution in [0.3, 0.4) is 0 Å². The van der Waals surface area contributed by atoms with Crippen LogP contribution in [-0.2, 0) is 4.74 Å². The zero-order valence-electron chi connectivity index (χ0n) is 7.82. The lowest BCUT2D eigenvalue weighted by Gasteiger charge is -1.99. The minimum Gasteiger partial charge on any atom is -0.462 e. The Morgan fingerprint density at radius 3 is 2.31 bits per heavy atom. The van der Waals surface area contributed by atoms with E-state index in [1.54, 1.807) is 19.1 Å². The number of ether oxygens (including phenoxy) is 1. The summed E-state index contributed by atoms with van der Waals surface area (Å²) in [4.78, 5) is 11.0. The minimum atomic E-state index is -0.256. The van der Waals surface area contributed by atoms with E-state index < -0.39 is 0 Å². The molecular formula is C11H14O2. The molecule has 2 heteroatoms. The van der Waals surface area contributed by atoms with E-state index in [9.17, 15) is 4.79 Å². The van der Waals surface area contributed by atoms with Crippen molar-refractivity contribution in [3.63, 3.8) is 0 Å². The van der Waals surface area contributed by atoms with Gasteiger partial charge in [-0.2, -0.15) is 0 Å². The van der Waals surface area contributed by atoms with Gasteiger partial charge in [0.25, 0.3) is 0 Å². The van der Waals surface area contributed by atoms with Crippen LogP contribution in [0.2, 0.25) is 0 Å². The third kappa shape index (κ3) is 4.11. The fourth-order valence-corrected chi connectivity index (χ4v) is 0.789. The van der Waals surface area contributed by atoms with Crippen LogP contribution in [0.25, 0.3) is 0 Å². The van der Waals surface area contributed by atoms with Gasteiger partial charge in [0.2, 0.25) is 0 Å². The second-order valence-electron chi connectivity index (χ2n) is 2.09. The van der Waals surface area contributed by atoms with E-state index in [-0.39, 0.29) is 5.97 Å². The van der Waals surface area contributed by atoms with Gasteiger partial charge < -0.3 is 4.74 Å². The maximum Gasteiger partial charge on any atom is 0.338 e. The van der Waals surface area contributed by atoms with Crippen molar-refractivity contribution in [1.82, 2.24) is 0 Å². The first-order valence-corrected chi connectivity index (χ1v) is 4.06. The van der Waals surface area contributed by atoms with Crippen molar-refractivity contribution in [3.05, 3.63) is 49.1 Å². The molecule has 0 heterocycles. The smallest absolute Gasteiger partial charge is 0.338 e. The fraction of sp³-hybridized carbons (Fsp3) is 0.182. The van der Waals surface area contributed by atoms with E-state index in [2.05, 4.69) is 13.2 Å². The van der Waals surface area contributed by atoms with Crippen molar-refractivity contribution < 1.29 is 9.53 Å². The third-order valence-corrected chi connectivity index (χ3v) is 1.28. The lowest BCUT2D eigenvalue weighted by atomic mass is 10.2. The van der Waals surface area contributed by atoms with Crippen LogP contribution in [0.5, 0.6) is 0 Å². The van der Waals surface area contributed by atoms with Crippen LogP contribution in [0, 0.1) is 0 Å². The molecule has 0 aliphatic rings. The molecule has 0 aromatic heterocycles. The quantitative estimate of drug-likeness (QED) is 0.514. The third-order valence-electron chi connectivity index (χ3n) is 1.28. The highest BCUT2D eigenvalue weighted by molar-refractivity contribution is 5.89. The molecule has 0 fully saturated rings. The zero-order valence-corrected chi connectivity index (χ0v) is 7.82. The van der Waals surface area contributed by atoms with Gasteiger partial charge in [0.05, 0.1) is 12.2 Å². The molecule has 0 spiro atoms. The molecule has 0 unspecified atom stereocenters. The number of hydrogen-bond acceptors (Lipinski definition) is 2. The Balaban J connectivity index is 0.000000671. The Hall–Kier alpha value is -1.57. The maximum absolute atomic E-state index is 11.0. The lowest BCUT2D eigenvalue weighted by molar-refractivity contribution is 0.0526. The molecule has 13 heavy (non-hydrogen) atoms. The van der Waals surface area contributed by atoms with E-state index in [1.165, 1.54) is 0 Å². The highest BCUT2D eigenvalue weighted by atomic mass is 16.5. The molecule has 0 saturated carbocycles. The largest absolute Gasteiger partial charge is 0.462 e. The van der Waals surface area contributed by atoms with Crippen LogP contribution >= 0.6 is 0 Å². The van der Waals surface area contributed by atoms with E-state index in [1.807, 2.05) is 18.2 Å². The van der Waals surface area contributed by atoms with Gasteiger partial charge in [0.15, 0.2) is 0 Å². The second-order valence-corrected chi connectivity index (χ2v) is 2.09. The number of rotatable bonds is 2. The molecule has 0 N–H and O–H groups in total. The Morgan fingerprint density at radius 1 is 1.31 bits per heavy atom. The molecule has 1 rings (SSSR count). The first-order chi connectivity index (χ1) is 6.34. The van der Waals surface area contributed by atoms with E-state index >= 15 is 0 Å². The predicted molar refractivity (Wildman–Crippen MR) is 53.7 cm³/mol. The summed E-state index contributed by atoms with van der Waals surface area (Å²) < 4.78 is 4.79. The molecular weight excluding hydrogens is 164 g/mol. The molecule has 0 amide bonds. The summed E-state index contributed by atoms with van der Waals surface area (Å²) in [7, 11) is 0. The molecule has 0 radical (unpaired) electrons. The SMILES string of the molecule is C=C.CCOC(=O)c1ccccc1. The lowest BCUT2D eigenvalue weighted by Crippen LogP contribution is -2.03. The molecule has 1 aromatic carbocycles. The Bertz CT molecular complexity index is 242. The van der Waals surface area contributed by atoms with Gasteiger partial charge in [-0.05, 0) is 19.1 Å². The summed E-state index contributed by atoms with van der Waals surface area (Å²) in [6, 6.07) is 8.96. The van der Waals surface area contributed by atoms with Crippen LogP contribution < -0.4 is 0 Å². The molecule has 1 aromatic rings. The molecule has 2 nitrogen and oxygen atoms in total. The van der Waals surface area contributed by atoms with Gasteiger partial charge in [-0.3, -0.25) is 0 Å². The molecule has 0 aliphatic carbocycles. The van der Waals surface area contributed by atoms with Crippen LogP contribution in [-0.4, -0.2) is 12.6 Å². The zero-order chi connectivity index (χ0) is 10.1. The van der Waals surface area contributed by atoms with Crippen molar-refractivity contribution in [1.29, 1.82) is 0 Å². The van der Waals surface area contributed by atoms with Crippen molar-refractivity contribution >= 4 is 5.97 Å². The first kappa shape index (κ1) is 11.4. The number of esters is 1.